The fourth-order valence-electron chi connectivity index (χ4n) is 1.66. The van der Waals surface area contributed by atoms with Gasteiger partial charge < -0.3 is 4.57 Å². The number of benzene rings is 1. The predicted molar refractivity (Wildman–Crippen MR) is 91.2 cm³/mol. The minimum absolute atomic E-state index is 0.0909. The van der Waals surface area contributed by atoms with E-state index in [9.17, 15) is 14.5 Å². The molecule has 0 aliphatic heterocycles. The van der Waals surface area contributed by atoms with Crippen LogP contribution >= 0.6 is 23.2 Å². The Morgan fingerprint density at radius 3 is 2.35 bits per heavy atom. The van der Waals surface area contributed by atoms with Gasteiger partial charge in [-0.2, -0.15) is 4.39 Å². The standard InChI is InChI=1S/C11H8Cl2FN3O2.2C2H6/c12-8-1-2-9(10(13)5-8)11(14,17(18)19)6-16-4-3-15-7-16;2*1-2/h1-5,7H,6H2;2*1-2H3. The lowest BCUT2D eigenvalue weighted by Gasteiger charge is -2.18. The maximum absolute atomic E-state index is 14.7. The number of aromatic nitrogens is 2. The first-order chi connectivity index (χ1) is 10.9. The fourth-order valence-corrected chi connectivity index (χ4v) is 2.22. The third-order valence-corrected chi connectivity index (χ3v) is 3.13. The highest BCUT2D eigenvalue weighted by Crippen LogP contribution is 2.35. The molecule has 0 spiro atoms. The maximum Gasteiger partial charge on any atom is 0.403 e. The number of halogens is 3. The first-order valence-electron chi connectivity index (χ1n) is 7.18. The molecule has 1 aromatic carbocycles. The molecule has 0 radical (unpaired) electrons. The highest BCUT2D eigenvalue weighted by Gasteiger charge is 2.47. The smallest absolute Gasteiger partial charge is 0.327 e. The van der Waals surface area contributed by atoms with Crippen molar-refractivity contribution in [2.24, 2.45) is 0 Å². The monoisotopic (exact) mass is 363 g/mol. The first-order valence-corrected chi connectivity index (χ1v) is 7.94. The predicted octanol–water partition coefficient (Wildman–Crippen LogP) is 5.34. The SMILES string of the molecule is CC.CC.O=[N+]([O-])C(F)(Cn1ccnc1)c1ccc(Cl)cc1Cl. The maximum atomic E-state index is 14.7. The van der Waals surface area contributed by atoms with Gasteiger partial charge in [-0.15, -0.1) is 0 Å². The number of hydrogen-bond acceptors (Lipinski definition) is 3. The Kier molecular flexibility index (Phi) is 9.44. The summed E-state index contributed by atoms with van der Waals surface area (Å²) in [7, 11) is 0. The van der Waals surface area contributed by atoms with Crippen molar-refractivity contribution >= 4 is 23.2 Å². The van der Waals surface area contributed by atoms with Gasteiger partial charge in [0.05, 0.1) is 21.8 Å². The molecule has 1 heterocycles. The second-order valence-corrected chi connectivity index (χ2v) is 4.72. The van der Waals surface area contributed by atoms with Crippen LogP contribution in [-0.2, 0) is 12.3 Å². The minimum Gasteiger partial charge on any atom is -0.327 e. The van der Waals surface area contributed by atoms with Crippen molar-refractivity contribution in [2.75, 3.05) is 0 Å². The third kappa shape index (κ3) is 5.48. The molecule has 0 aliphatic rings. The Hall–Kier alpha value is -1.66. The third-order valence-electron chi connectivity index (χ3n) is 2.58. The average molecular weight is 364 g/mol. The summed E-state index contributed by atoms with van der Waals surface area (Å²) < 4.78 is 16.0. The van der Waals surface area contributed by atoms with E-state index in [-0.39, 0.29) is 15.6 Å². The van der Waals surface area contributed by atoms with Crippen LogP contribution in [0.25, 0.3) is 0 Å². The highest BCUT2D eigenvalue weighted by atomic mass is 35.5. The topological polar surface area (TPSA) is 61.0 Å². The van der Waals surface area contributed by atoms with E-state index in [1.54, 1.807) is 0 Å². The Labute approximate surface area is 145 Å². The Morgan fingerprint density at radius 2 is 1.91 bits per heavy atom. The van der Waals surface area contributed by atoms with E-state index in [1.165, 1.54) is 41.5 Å². The number of hydrogen-bond donors (Lipinski definition) is 0. The van der Waals surface area contributed by atoms with Crippen molar-refractivity contribution in [1.29, 1.82) is 0 Å². The molecule has 23 heavy (non-hydrogen) atoms. The molecular weight excluding hydrogens is 344 g/mol. The number of alkyl halides is 1. The molecule has 0 amide bonds. The van der Waals surface area contributed by atoms with Gasteiger partial charge >= 0.3 is 5.79 Å². The van der Waals surface area contributed by atoms with Crippen molar-refractivity contribution in [1.82, 2.24) is 9.55 Å². The largest absolute Gasteiger partial charge is 0.403 e. The Morgan fingerprint density at radius 1 is 1.30 bits per heavy atom. The summed E-state index contributed by atoms with van der Waals surface area (Å²) in [6.07, 6.45) is 4.13. The summed E-state index contributed by atoms with van der Waals surface area (Å²) in [5, 5.41) is 11.3. The molecule has 0 N–H and O–H groups in total. The number of nitro groups is 1. The van der Waals surface area contributed by atoms with Gasteiger partial charge in [0.25, 0.3) is 0 Å². The van der Waals surface area contributed by atoms with E-state index in [2.05, 4.69) is 4.98 Å². The molecular formula is C15H20Cl2FN3O2. The van der Waals surface area contributed by atoms with Crippen LogP contribution in [0.3, 0.4) is 0 Å². The number of imidazole rings is 1. The summed E-state index contributed by atoms with van der Waals surface area (Å²) in [4.78, 5) is 13.8. The van der Waals surface area contributed by atoms with Gasteiger partial charge in [0, 0.05) is 17.4 Å². The number of nitrogens with zero attached hydrogens (tertiary/aromatic N) is 3. The highest BCUT2D eigenvalue weighted by molar-refractivity contribution is 6.35. The molecule has 0 bridgehead atoms. The molecule has 0 fully saturated rings. The van der Waals surface area contributed by atoms with Crippen LogP contribution in [-0.4, -0.2) is 14.5 Å². The lowest BCUT2D eigenvalue weighted by atomic mass is 10.0. The van der Waals surface area contributed by atoms with Gasteiger partial charge in [-0.05, 0) is 18.2 Å². The van der Waals surface area contributed by atoms with Gasteiger partial charge in [0.2, 0.25) is 0 Å². The van der Waals surface area contributed by atoms with E-state index < -0.39 is 17.3 Å². The Balaban J connectivity index is 0.00000112. The van der Waals surface area contributed by atoms with Gasteiger partial charge in [0.1, 0.15) is 6.54 Å². The second-order valence-electron chi connectivity index (χ2n) is 3.88. The molecule has 128 valence electrons. The van der Waals surface area contributed by atoms with E-state index in [4.69, 9.17) is 23.2 Å². The molecule has 1 aromatic heterocycles. The fraction of sp³-hybridized carbons (Fsp3) is 0.400. The molecule has 0 saturated carbocycles. The van der Waals surface area contributed by atoms with E-state index in [0.29, 0.717) is 0 Å². The van der Waals surface area contributed by atoms with Crippen LogP contribution < -0.4 is 0 Å². The summed E-state index contributed by atoms with van der Waals surface area (Å²) >= 11 is 11.5. The van der Waals surface area contributed by atoms with Crippen molar-refractivity contribution < 1.29 is 9.31 Å². The van der Waals surface area contributed by atoms with E-state index >= 15 is 0 Å². The summed E-state index contributed by atoms with van der Waals surface area (Å²) in [6, 6.07) is 3.84. The van der Waals surface area contributed by atoms with Crippen molar-refractivity contribution in [2.45, 2.75) is 40.0 Å². The van der Waals surface area contributed by atoms with Gasteiger partial charge in [-0.25, -0.2) is 4.98 Å². The van der Waals surface area contributed by atoms with Crippen LogP contribution in [0.2, 0.25) is 10.0 Å². The summed E-state index contributed by atoms with van der Waals surface area (Å²) in [5.74, 6) is -2.84. The second kappa shape index (κ2) is 10.2. The first kappa shape index (κ1) is 21.3. The molecule has 5 nitrogen and oxygen atoms in total. The molecule has 8 heteroatoms. The van der Waals surface area contributed by atoms with Crippen molar-refractivity contribution in [3.63, 3.8) is 0 Å². The minimum atomic E-state index is -2.84. The van der Waals surface area contributed by atoms with Crippen LogP contribution in [0.5, 0.6) is 0 Å². The molecule has 2 rings (SSSR count). The number of rotatable bonds is 4. The lowest BCUT2D eigenvalue weighted by molar-refractivity contribution is -0.619. The van der Waals surface area contributed by atoms with E-state index in [1.807, 2.05) is 27.7 Å². The Bertz CT molecular complexity index is 609. The lowest BCUT2D eigenvalue weighted by Crippen LogP contribution is -2.35. The van der Waals surface area contributed by atoms with Crippen LogP contribution in [0.15, 0.2) is 36.9 Å². The molecule has 2 aromatic rings. The average Bonchev–Trinajstić information content (AvgIpc) is 3.03. The van der Waals surface area contributed by atoms with Crippen molar-refractivity contribution in [3.8, 4) is 0 Å². The van der Waals surface area contributed by atoms with Gasteiger partial charge in [-0.1, -0.05) is 50.9 Å². The van der Waals surface area contributed by atoms with Gasteiger partial charge in [-0.3, -0.25) is 10.1 Å². The molecule has 1 unspecified atom stereocenters. The summed E-state index contributed by atoms with van der Waals surface area (Å²) in [5.41, 5.74) is -0.239. The molecule has 0 aliphatic carbocycles. The van der Waals surface area contributed by atoms with Crippen LogP contribution in [0, 0.1) is 10.1 Å². The summed E-state index contributed by atoms with van der Waals surface area (Å²) in [6.45, 7) is 7.47. The zero-order chi connectivity index (χ0) is 18.0. The van der Waals surface area contributed by atoms with Crippen LogP contribution in [0.1, 0.15) is 33.3 Å². The van der Waals surface area contributed by atoms with E-state index in [0.717, 1.165) is 0 Å². The molecule has 0 saturated heterocycles. The molecule has 1 atom stereocenters. The zero-order valence-corrected chi connectivity index (χ0v) is 15.0. The normalized spacial score (nSPS) is 12.1. The van der Waals surface area contributed by atoms with Crippen molar-refractivity contribution in [3.05, 3.63) is 62.6 Å². The zero-order valence-electron chi connectivity index (χ0n) is 13.5. The quantitative estimate of drug-likeness (QED) is 0.418. The van der Waals surface area contributed by atoms with Gasteiger partial charge in [0.15, 0.2) is 0 Å². The van der Waals surface area contributed by atoms with Crippen LogP contribution in [0.4, 0.5) is 4.39 Å².